The molecule has 0 saturated heterocycles. The van der Waals surface area contributed by atoms with E-state index < -0.39 is 0 Å². The summed E-state index contributed by atoms with van der Waals surface area (Å²) in [6.07, 6.45) is 6.68. The largest absolute Gasteiger partial charge is 0.376 e. The topological polar surface area (TPSA) is 78.9 Å². The molecule has 2 aromatic heterocycles. The Kier molecular flexibility index (Phi) is 5.52. The first kappa shape index (κ1) is 19.3. The predicted octanol–water partition coefficient (Wildman–Crippen LogP) is 4.80. The third-order valence-electron chi connectivity index (χ3n) is 4.63. The van der Waals surface area contributed by atoms with Gasteiger partial charge in [0.15, 0.2) is 0 Å². The van der Waals surface area contributed by atoms with Gasteiger partial charge in [-0.25, -0.2) is 9.97 Å². The number of nitrogens with one attached hydrogen (secondary N) is 2. The van der Waals surface area contributed by atoms with Crippen LogP contribution in [-0.2, 0) is 0 Å². The van der Waals surface area contributed by atoms with Crippen LogP contribution < -0.4 is 15.5 Å². The van der Waals surface area contributed by atoms with Crippen molar-refractivity contribution in [2.24, 2.45) is 0 Å². The van der Waals surface area contributed by atoms with Gasteiger partial charge in [-0.3, -0.25) is 9.97 Å². The number of nitrogens with zero attached hydrogens (tertiary/aromatic N) is 5. The maximum absolute atomic E-state index is 4.58. The Morgan fingerprint density at radius 1 is 0.800 bits per heavy atom. The van der Waals surface area contributed by atoms with Crippen LogP contribution >= 0.6 is 0 Å². The minimum atomic E-state index is 0.507. The molecule has 0 fully saturated rings. The quantitative estimate of drug-likeness (QED) is 0.484. The Hall–Kier alpha value is -4.00. The second kappa shape index (κ2) is 8.57. The molecule has 0 unspecified atom stereocenters. The first-order valence-electron chi connectivity index (χ1n) is 9.60. The number of aryl methyl sites for hydroxylation is 1. The lowest BCUT2D eigenvalue weighted by Gasteiger charge is -2.19. The minimum Gasteiger partial charge on any atom is -0.376 e. The van der Waals surface area contributed by atoms with E-state index in [9.17, 15) is 0 Å². The number of rotatable bonds is 6. The van der Waals surface area contributed by atoms with E-state index in [-0.39, 0.29) is 0 Å². The molecule has 2 N–H and O–H groups in total. The number of anilines is 5. The highest BCUT2D eigenvalue weighted by Crippen LogP contribution is 2.30. The molecule has 0 amide bonds. The molecule has 0 saturated carbocycles. The van der Waals surface area contributed by atoms with E-state index in [4.69, 9.17) is 0 Å². The zero-order chi connectivity index (χ0) is 20.9. The third-order valence-corrected chi connectivity index (χ3v) is 4.63. The lowest BCUT2D eigenvalue weighted by Crippen LogP contribution is -2.10. The summed E-state index contributed by atoms with van der Waals surface area (Å²) >= 11 is 0. The van der Waals surface area contributed by atoms with Crippen molar-refractivity contribution in [3.63, 3.8) is 0 Å². The molecular formula is C23H23N7. The Morgan fingerprint density at radius 2 is 1.67 bits per heavy atom. The summed E-state index contributed by atoms with van der Waals surface area (Å²) in [6, 6.07) is 16.2. The van der Waals surface area contributed by atoms with Gasteiger partial charge in [-0.05, 0) is 42.8 Å². The number of para-hydroxylation sites is 2. The van der Waals surface area contributed by atoms with E-state index in [1.165, 1.54) is 0 Å². The monoisotopic (exact) mass is 397 g/mol. The van der Waals surface area contributed by atoms with Crippen LogP contribution in [0.15, 0.2) is 73.3 Å². The van der Waals surface area contributed by atoms with Gasteiger partial charge in [0.2, 0.25) is 5.95 Å². The molecule has 150 valence electrons. The maximum Gasteiger partial charge on any atom is 0.227 e. The Labute approximate surface area is 175 Å². The Morgan fingerprint density at radius 3 is 2.47 bits per heavy atom. The third kappa shape index (κ3) is 4.35. The van der Waals surface area contributed by atoms with E-state index in [1.54, 1.807) is 24.8 Å². The summed E-state index contributed by atoms with van der Waals surface area (Å²) in [7, 11) is 4.06. The summed E-state index contributed by atoms with van der Waals surface area (Å²) in [4.78, 5) is 19.4. The van der Waals surface area contributed by atoms with E-state index in [0.29, 0.717) is 17.3 Å². The first-order chi connectivity index (χ1) is 14.6. The molecule has 0 radical (unpaired) electrons. The minimum absolute atomic E-state index is 0.507. The van der Waals surface area contributed by atoms with Crippen LogP contribution in [0.3, 0.4) is 0 Å². The van der Waals surface area contributed by atoms with E-state index >= 15 is 0 Å². The summed E-state index contributed by atoms with van der Waals surface area (Å²) in [5.74, 6) is 0.507. The molecule has 7 nitrogen and oxygen atoms in total. The number of hydrogen-bond donors (Lipinski definition) is 2. The van der Waals surface area contributed by atoms with Crippen LogP contribution in [0.4, 0.5) is 28.7 Å². The maximum atomic E-state index is 4.58. The molecular weight excluding hydrogens is 374 g/mol. The smallest absolute Gasteiger partial charge is 0.227 e. The van der Waals surface area contributed by atoms with Crippen LogP contribution in [0.25, 0.3) is 11.4 Å². The summed E-state index contributed by atoms with van der Waals surface area (Å²) in [5.41, 5.74) is 6.57. The van der Waals surface area contributed by atoms with Gasteiger partial charge in [-0.15, -0.1) is 0 Å². The van der Waals surface area contributed by atoms with Gasteiger partial charge in [0.05, 0.1) is 23.3 Å². The SMILES string of the molecule is Cc1ccc(Nc2ccccc2N(C)C)cc1Nc1nccc(-c2cnccn2)n1. The zero-order valence-electron chi connectivity index (χ0n) is 17.2. The summed E-state index contributed by atoms with van der Waals surface area (Å²) in [6.45, 7) is 2.05. The average molecular weight is 397 g/mol. The number of benzene rings is 2. The first-order valence-corrected chi connectivity index (χ1v) is 9.60. The van der Waals surface area contributed by atoms with Crippen LogP contribution in [0.2, 0.25) is 0 Å². The molecule has 0 aliphatic heterocycles. The average Bonchev–Trinajstić information content (AvgIpc) is 2.77. The van der Waals surface area contributed by atoms with Crippen molar-refractivity contribution in [3.8, 4) is 11.4 Å². The second-order valence-corrected chi connectivity index (χ2v) is 7.05. The molecule has 0 spiro atoms. The van der Waals surface area contributed by atoms with E-state index in [2.05, 4.69) is 65.8 Å². The Bertz CT molecular complexity index is 1140. The summed E-state index contributed by atoms with van der Waals surface area (Å²) < 4.78 is 0. The molecule has 30 heavy (non-hydrogen) atoms. The second-order valence-electron chi connectivity index (χ2n) is 7.05. The fourth-order valence-corrected chi connectivity index (χ4v) is 3.07. The van der Waals surface area contributed by atoms with Crippen LogP contribution in [0.5, 0.6) is 0 Å². The van der Waals surface area contributed by atoms with Gasteiger partial charge in [0.1, 0.15) is 5.69 Å². The molecule has 4 rings (SSSR count). The van der Waals surface area contributed by atoms with Crippen molar-refractivity contribution in [1.82, 2.24) is 19.9 Å². The molecule has 0 aliphatic carbocycles. The lowest BCUT2D eigenvalue weighted by molar-refractivity contribution is 1.13. The van der Waals surface area contributed by atoms with Crippen LogP contribution in [-0.4, -0.2) is 34.0 Å². The highest BCUT2D eigenvalue weighted by Gasteiger charge is 2.08. The molecule has 0 aliphatic rings. The van der Waals surface area contributed by atoms with Gasteiger partial charge >= 0.3 is 0 Å². The van der Waals surface area contributed by atoms with Crippen molar-refractivity contribution in [2.45, 2.75) is 6.92 Å². The highest BCUT2D eigenvalue weighted by atomic mass is 15.1. The lowest BCUT2D eigenvalue weighted by atomic mass is 10.1. The fourth-order valence-electron chi connectivity index (χ4n) is 3.07. The zero-order valence-corrected chi connectivity index (χ0v) is 17.2. The van der Waals surface area contributed by atoms with E-state index in [0.717, 1.165) is 28.3 Å². The molecule has 0 atom stereocenters. The standard InChI is InChI=1S/C23H23N7/c1-16-8-9-17(27-19-6-4-5-7-22(19)30(2)3)14-20(16)29-23-26-11-10-18(28-23)21-15-24-12-13-25-21/h4-15,27H,1-3H3,(H,26,28,29). The normalized spacial score (nSPS) is 10.5. The van der Waals surface area contributed by atoms with Crippen molar-refractivity contribution in [2.75, 3.05) is 29.6 Å². The van der Waals surface area contributed by atoms with E-state index in [1.807, 2.05) is 39.2 Å². The summed E-state index contributed by atoms with van der Waals surface area (Å²) in [5, 5.41) is 6.83. The van der Waals surface area contributed by atoms with Crippen molar-refractivity contribution in [3.05, 3.63) is 78.9 Å². The van der Waals surface area contributed by atoms with Crippen molar-refractivity contribution >= 4 is 28.7 Å². The number of hydrogen-bond acceptors (Lipinski definition) is 7. The van der Waals surface area contributed by atoms with Gasteiger partial charge in [0.25, 0.3) is 0 Å². The van der Waals surface area contributed by atoms with Crippen molar-refractivity contribution < 1.29 is 0 Å². The number of aromatic nitrogens is 4. The Balaban J connectivity index is 1.59. The predicted molar refractivity (Wildman–Crippen MR) is 122 cm³/mol. The van der Waals surface area contributed by atoms with Gasteiger partial charge in [-0.2, -0.15) is 0 Å². The van der Waals surface area contributed by atoms with Crippen LogP contribution in [0, 0.1) is 6.92 Å². The van der Waals surface area contributed by atoms with Gasteiger partial charge in [0, 0.05) is 44.1 Å². The molecule has 7 heteroatoms. The molecule has 2 aromatic carbocycles. The van der Waals surface area contributed by atoms with Crippen molar-refractivity contribution in [1.29, 1.82) is 0 Å². The van der Waals surface area contributed by atoms with Gasteiger partial charge in [-0.1, -0.05) is 18.2 Å². The molecule has 2 heterocycles. The molecule has 4 aromatic rings. The van der Waals surface area contributed by atoms with Crippen LogP contribution in [0.1, 0.15) is 5.56 Å². The van der Waals surface area contributed by atoms with Gasteiger partial charge < -0.3 is 15.5 Å². The molecule has 0 bridgehead atoms. The highest BCUT2D eigenvalue weighted by molar-refractivity contribution is 5.77. The fraction of sp³-hybridized carbons (Fsp3) is 0.130.